The number of hydrogen-bond acceptors (Lipinski definition) is 5. The van der Waals surface area contributed by atoms with E-state index in [1.807, 2.05) is 18.2 Å². The second-order valence-corrected chi connectivity index (χ2v) is 8.68. The average molecular weight is 438 g/mol. The first kappa shape index (κ1) is 21.0. The van der Waals surface area contributed by atoms with Crippen molar-refractivity contribution in [1.82, 2.24) is 4.90 Å². The number of nitrogens with one attached hydrogen (secondary N) is 1. The van der Waals surface area contributed by atoms with Crippen molar-refractivity contribution in [2.24, 2.45) is 5.92 Å². The highest BCUT2D eigenvalue weighted by Gasteiger charge is 2.37. The molecule has 7 heteroatoms. The maximum atomic E-state index is 13.9. The highest BCUT2D eigenvalue weighted by atomic mass is 19.1. The number of anilines is 1. The molecule has 0 radical (unpaired) electrons. The molecule has 3 aliphatic heterocycles. The van der Waals surface area contributed by atoms with Gasteiger partial charge in [0.15, 0.2) is 0 Å². The summed E-state index contributed by atoms with van der Waals surface area (Å²) in [6, 6.07) is 10.2. The number of carbonyl (C=O) groups excluding carboxylic acids is 1. The van der Waals surface area contributed by atoms with Crippen LogP contribution in [0.1, 0.15) is 36.6 Å². The molecule has 1 amide bonds. The predicted octanol–water partition coefficient (Wildman–Crippen LogP) is 4.08. The number of ether oxygens (including phenoxy) is 3. The van der Waals surface area contributed by atoms with E-state index in [1.54, 1.807) is 6.07 Å². The smallest absolute Gasteiger partial charge is 0.260 e. The van der Waals surface area contributed by atoms with Crippen LogP contribution in [0, 0.1) is 11.7 Å². The van der Waals surface area contributed by atoms with Gasteiger partial charge in [-0.05, 0) is 42.3 Å². The van der Waals surface area contributed by atoms with Gasteiger partial charge in [0.2, 0.25) is 0 Å². The van der Waals surface area contributed by atoms with E-state index < -0.39 is 0 Å². The van der Waals surface area contributed by atoms with Gasteiger partial charge in [0.1, 0.15) is 30.0 Å². The molecule has 3 heterocycles. The Balaban J connectivity index is 1.44. The third-order valence-corrected chi connectivity index (χ3v) is 6.16. The van der Waals surface area contributed by atoms with Crippen LogP contribution in [0.4, 0.5) is 10.1 Å². The van der Waals surface area contributed by atoms with Crippen molar-refractivity contribution in [1.29, 1.82) is 0 Å². The molecule has 0 bridgehead atoms. The summed E-state index contributed by atoms with van der Waals surface area (Å²) in [7, 11) is 0. The van der Waals surface area contributed by atoms with Gasteiger partial charge in [-0.3, -0.25) is 9.69 Å². The van der Waals surface area contributed by atoms with E-state index in [1.165, 1.54) is 12.1 Å². The number of benzene rings is 2. The van der Waals surface area contributed by atoms with Gasteiger partial charge in [-0.2, -0.15) is 0 Å². The van der Waals surface area contributed by atoms with Crippen molar-refractivity contribution in [3.05, 3.63) is 58.9 Å². The Morgan fingerprint density at radius 1 is 1.16 bits per heavy atom. The van der Waals surface area contributed by atoms with Gasteiger partial charge in [-0.25, -0.2) is 4.39 Å². The number of morpholine rings is 1. The topological polar surface area (TPSA) is 60.0 Å². The Morgan fingerprint density at radius 2 is 1.97 bits per heavy atom. The number of carbonyl (C=O) groups is 1. The number of fused-ring (bicyclic) bond motifs is 2. The molecule has 1 atom stereocenters. The van der Waals surface area contributed by atoms with E-state index in [0.717, 1.165) is 49.7 Å². The minimum absolute atomic E-state index is 0.187. The zero-order valence-corrected chi connectivity index (χ0v) is 18.3. The van der Waals surface area contributed by atoms with Crippen molar-refractivity contribution in [2.45, 2.75) is 20.0 Å². The Bertz CT molecular complexity index is 1080. The maximum Gasteiger partial charge on any atom is 0.260 e. The van der Waals surface area contributed by atoms with Gasteiger partial charge in [-0.1, -0.05) is 13.8 Å². The van der Waals surface area contributed by atoms with Crippen molar-refractivity contribution in [3.63, 3.8) is 0 Å². The molecule has 2 aromatic rings. The van der Waals surface area contributed by atoms with Crippen LogP contribution >= 0.6 is 0 Å². The second-order valence-electron chi connectivity index (χ2n) is 8.68. The third kappa shape index (κ3) is 3.87. The molecule has 32 heavy (non-hydrogen) atoms. The summed E-state index contributed by atoms with van der Waals surface area (Å²) in [5.41, 5.74) is 3.35. The molecule has 1 N–H and O–H groups in total. The molecule has 0 saturated carbocycles. The van der Waals surface area contributed by atoms with Crippen LogP contribution in [0.5, 0.6) is 5.75 Å². The zero-order chi connectivity index (χ0) is 22.2. The fourth-order valence-electron chi connectivity index (χ4n) is 4.50. The van der Waals surface area contributed by atoms with Crippen LogP contribution in [0.3, 0.4) is 0 Å². The predicted molar refractivity (Wildman–Crippen MR) is 120 cm³/mol. The average Bonchev–Trinajstić information content (AvgIpc) is 3.30. The molecule has 0 aliphatic carbocycles. The number of nitrogens with zero attached hydrogens (tertiary/aromatic N) is 1. The van der Waals surface area contributed by atoms with E-state index in [-0.39, 0.29) is 23.7 Å². The highest BCUT2D eigenvalue weighted by Crippen LogP contribution is 2.48. The first-order valence-corrected chi connectivity index (χ1v) is 11.1. The number of halogens is 1. The van der Waals surface area contributed by atoms with E-state index >= 15 is 0 Å². The molecular weight excluding hydrogens is 411 g/mol. The highest BCUT2D eigenvalue weighted by molar-refractivity contribution is 6.36. The first-order chi connectivity index (χ1) is 15.5. The normalized spacial score (nSPS) is 22.5. The lowest BCUT2D eigenvalue weighted by atomic mass is 9.95. The summed E-state index contributed by atoms with van der Waals surface area (Å²) >= 11 is 0. The molecule has 168 valence electrons. The molecule has 3 aliphatic rings. The van der Waals surface area contributed by atoms with E-state index in [9.17, 15) is 9.18 Å². The van der Waals surface area contributed by atoms with Gasteiger partial charge >= 0.3 is 0 Å². The largest absolute Gasteiger partial charge is 0.492 e. The van der Waals surface area contributed by atoms with Gasteiger partial charge in [0.05, 0.1) is 18.8 Å². The van der Waals surface area contributed by atoms with Crippen LogP contribution < -0.4 is 10.1 Å². The summed E-state index contributed by atoms with van der Waals surface area (Å²) in [5, 5.41) is 2.82. The summed E-state index contributed by atoms with van der Waals surface area (Å²) in [4.78, 5) is 15.1. The number of amides is 1. The second kappa shape index (κ2) is 8.56. The monoisotopic (exact) mass is 438 g/mol. The van der Waals surface area contributed by atoms with Crippen molar-refractivity contribution >= 4 is 22.9 Å². The van der Waals surface area contributed by atoms with Crippen molar-refractivity contribution in [2.75, 3.05) is 44.8 Å². The number of hydrogen-bond donors (Lipinski definition) is 1. The third-order valence-electron chi connectivity index (χ3n) is 6.16. The summed E-state index contributed by atoms with van der Waals surface area (Å²) in [6.07, 6.45) is -0.208. The lowest BCUT2D eigenvalue weighted by Crippen LogP contribution is -2.38. The zero-order valence-electron chi connectivity index (χ0n) is 18.3. The molecule has 2 aromatic carbocycles. The summed E-state index contributed by atoms with van der Waals surface area (Å²) in [5.74, 6) is 0.801. The van der Waals surface area contributed by atoms with E-state index in [0.29, 0.717) is 29.2 Å². The van der Waals surface area contributed by atoms with Gasteiger partial charge in [0.25, 0.3) is 5.91 Å². The Morgan fingerprint density at radius 3 is 2.75 bits per heavy atom. The van der Waals surface area contributed by atoms with Gasteiger partial charge in [0, 0.05) is 42.0 Å². The lowest BCUT2D eigenvalue weighted by molar-refractivity contribution is -0.110. The summed E-state index contributed by atoms with van der Waals surface area (Å²) in [6.45, 7) is 8.99. The standard InChI is InChI=1S/C25H27FN2O4/c1-15(2)23-19-14-17(31-12-9-28-7-10-30-11-8-28)4-5-18(19)24(32-23)22-20-13-16(26)3-6-21(20)27-25(22)29/h3-6,13-15,23H,7-12H2,1-2H3,(H,27,29). The fraction of sp³-hybridized carbons (Fsp3) is 0.400. The SMILES string of the molecule is CC(C)C1OC(=C2C(=O)Nc3ccc(F)cc32)c2ccc(OCCN3CCOCC3)cc21. The molecule has 5 rings (SSSR count). The fourth-order valence-corrected chi connectivity index (χ4v) is 4.50. The van der Waals surface area contributed by atoms with Crippen LogP contribution in [0.15, 0.2) is 36.4 Å². The van der Waals surface area contributed by atoms with Crippen LogP contribution in [0.25, 0.3) is 11.3 Å². The van der Waals surface area contributed by atoms with Gasteiger partial charge in [-0.15, -0.1) is 0 Å². The molecule has 6 nitrogen and oxygen atoms in total. The summed E-state index contributed by atoms with van der Waals surface area (Å²) < 4.78 is 31.7. The molecule has 0 spiro atoms. The van der Waals surface area contributed by atoms with Crippen LogP contribution in [-0.2, 0) is 14.3 Å². The number of rotatable bonds is 5. The quantitative estimate of drug-likeness (QED) is 0.713. The molecule has 0 aromatic heterocycles. The maximum absolute atomic E-state index is 13.9. The molecular formula is C25H27FN2O4. The van der Waals surface area contributed by atoms with Crippen molar-refractivity contribution < 1.29 is 23.4 Å². The Hall–Kier alpha value is -2.90. The van der Waals surface area contributed by atoms with Crippen molar-refractivity contribution in [3.8, 4) is 5.75 Å². The molecule has 1 saturated heterocycles. The van der Waals surface area contributed by atoms with Crippen LogP contribution in [0.2, 0.25) is 0 Å². The minimum atomic E-state index is -0.388. The van der Waals surface area contributed by atoms with E-state index in [4.69, 9.17) is 14.2 Å². The Kier molecular flexibility index (Phi) is 5.61. The van der Waals surface area contributed by atoms with Crippen LogP contribution in [-0.4, -0.2) is 50.3 Å². The minimum Gasteiger partial charge on any atom is -0.492 e. The lowest BCUT2D eigenvalue weighted by Gasteiger charge is -2.26. The Labute approximate surface area is 187 Å². The molecule has 1 fully saturated rings. The molecule has 1 unspecified atom stereocenters. The van der Waals surface area contributed by atoms with E-state index in [2.05, 4.69) is 24.1 Å². The first-order valence-electron chi connectivity index (χ1n) is 11.1. The van der Waals surface area contributed by atoms with Gasteiger partial charge < -0.3 is 19.5 Å².